The van der Waals surface area contributed by atoms with E-state index in [4.69, 9.17) is 0 Å². The number of alkyl halides is 2. The summed E-state index contributed by atoms with van der Waals surface area (Å²) in [6, 6.07) is -1.33. The van der Waals surface area contributed by atoms with Crippen LogP contribution in [-0.2, 0) is 10.0 Å². The second-order valence-electron chi connectivity index (χ2n) is 6.89. The zero-order valence-corrected chi connectivity index (χ0v) is 17.3. The van der Waals surface area contributed by atoms with Gasteiger partial charge in [-0.05, 0) is 28.3 Å². The molecule has 3 heterocycles. The molecular weight excluding hydrogens is 451 g/mol. The van der Waals surface area contributed by atoms with E-state index in [0.717, 1.165) is 10.6 Å². The molecule has 1 aliphatic heterocycles. The smallest absolute Gasteiger partial charge is 0.281 e. The summed E-state index contributed by atoms with van der Waals surface area (Å²) in [4.78, 5) is 3.94. The third kappa shape index (κ3) is 3.79. The Kier molecular flexibility index (Phi) is 5.19. The maximum absolute atomic E-state index is 14.4. The lowest BCUT2D eigenvalue weighted by Crippen LogP contribution is -2.55. The summed E-state index contributed by atoms with van der Waals surface area (Å²) >= 11 is 3.19. The predicted molar refractivity (Wildman–Crippen MR) is 98.1 cm³/mol. The van der Waals surface area contributed by atoms with Crippen LogP contribution in [0.1, 0.15) is 31.9 Å². The van der Waals surface area contributed by atoms with E-state index in [1.807, 2.05) is 13.8 Å². The topological polar surface area (TPSA) is 79.6 Å². The zero-order valence-electron chi connectivity index (χ0n) is 14.9. The molecule has 1 N–H and O–H groups in total. The van der Waals surface area contributed by atoms with Gasteiger partial charge in [-0.1, -0.05) is 13.8 Å². The first-order valence-electron chi connectivity index (χ1n) is 8.24. The van der Waals surface area contributed by atoms with Crippen molar-refractivity contribution in [2.45, 2.75) is 38.2 Å². The number of fused-ring (bicyclic) bond motifs is 1. The molecule has 0 unspecified atom stereocenters. The van der Waals surface area contributed by atoms with Crippen LogP contribution in [0.3, 0.4) is 0 Å². The molecule has 27 heavy (non-hydrogen) atoms. The second-order valence-corrected chi connectivity index (χ2v) is 9.67. The molecule has 1 saturated heterocycles. The zero-order chi connectivity index (χ0) is 20.1. The van der Waals surface area contributed by atoms with Crippen LogP contribution in [0.15, 0.2) is 10.7 Å². The van der Waals surface area contributed by atoms with Crippen molar-refractivity contribution in [3.8, 4) is 0 Å². The normalized spacial score (nSPS) is 21.1. The molecule has 12 heteroatoms. The fraction of sp³-hybridized carbons (Fsp3) is 0.600. The Morgan fingerprint density at radius 1 is 1.41 bits per heavy atom. The molecule has 1 fully saturated rings. The molecule has 3 rings (SSSR count). The molecule has 1 aliphatic rings. The molecule has 0 amide bonds. The van der Waals surface area contributed by atoms with Crippen molar-refractivity contribution >= 4 is 37.4 Å². The number of nitrogens with zero attached hydrogens (tertiary/aromatic N) is 4. The van der Waals surface area contributed by atoms with Gasteiger partial charge < -0.3 is 5.32 Å². The number of hydrogen-bond donors (Lipinski definition) is 1. The lowest BCUT2D eigenvalue weighted by atomic mass is 10.0. The van der Waals surface area contributed by atoms with E-state index in [1.54, 1.807) is 0 Å². The van der Waals surface area contributed by atoms with Gasteiger partial charge in [-0.2, -0.15) is 4.31 Å². The molecule has 0 aliphatic carbocycles. The molecule has 150 valence electrons. The van der Waals surface area contributed by atoms with Crippen LogP contribution in [-0.4, -0.2) is 58.6 Å². The monoisotopic (exact) mass is 469 g/mol. The molecule has 0 saturated carbocycles. The molecule has 0 spiro atoms. The van der Waals surface area contributed by atoms with Crippen molar-refractivity contribution in [2.24, 2.45) is 0 Å². The van der Waals surface area contributed by atoms with Crippen molar-refractivity contribution in [3.05, 3.63) is 22.2 Å². The van der Waals surface area contributed by atoms with Gasteiger partial charge in [0.15, 0.2) is 5.82 Å². The number of anilines is 1. The van der Waals surface area contributed by atoms with Gasteiger partial charge in [-0.15, -0.1) is 5.10 Å². The van der Waals surface area contributed by atoms with Gasteiger partial charge in [0.2, 0.25) is 16.0 Å². The molecular formula is C15H19BrF3N5O2S. The van der Waals surface area contributed by atoms with Gasteiger partial charge in [0.25, 0.3) is 5.92 Å². The number of aromatic nitrogens is 3. The fourth-order valence-corrected chi connectivity index (χ4v) is 4.76. The van der Waals surface area contributed by atoms with Crippen molar-refractivity contribution < 1.29 is 21.6 Å². The van der Waals surface area contributed by atoms with Gasteiger partial charge in [0.1, 0.15) is 5.52 Å². The van der Waals surface area contributed by atoms with Crippen LogP contribution in [0.25, 0.3) is 5.52 Å². The highest BCUT2D eigenvalue weighted by molar-refractivity contribution is 9.10. The third-order valence-electron chi connectivity index (χ3n) is 4.49. The van der Waals surface area contributed by atoms with E-state index >= 15 is 0 Å². The average Bonchev–Trinajstić information content (AvgIpc) is 2.79. The Morgan fingerprint density at radius 2 is 2.07 bits per heavy atom. The SMILES string of the molecule is CC(C)c1c(Br)c(F)c2cnc(N[C@@H]3CCN(S(C)(=O)=O)CC3(F)F)nn12. The Labute approximate surface area is 163 Å². The number of rotatable bonds is 4. The van der Waals surface area contributed by atoms with Crippen LogP contribution in [0.4, 0.5) is 19.1 Å². The van der Waals surface area contributed by atoms with Crippen LogP contribution >= 0.6 is 15.9 Å². The van der Waals surface area contributed by atoms with Gasteiger partial charge in [-0.3, -0.25) is 0 Å². The minimum absolute atomic E-state index is 0.0325. The van der Waals surface area contributed by atoms with Gasteiger partial charge >= 0.3 is 0 Å². The van der Waals surface area contributed by atoms with E-state index in [0.29, 0.717) is 5.69 Å². The lowest BCUT2D eigenvalue weighted by molar-refractivity contribution is -0.0541. The summed E-state index contributed by atoms with van der Waals surface area (Å²) < 4.78 is 68.6. The van der Waals surface area contributed by atoms with E-state index in [9.17, 15) is 21.6 Å². The first-order chi connectivity index (χ1) is 12.4. The number of hydrogen-bond acceptors (Lipinski definition) is 5. The third-order valence-corrected chi connectivity index (χ3v) is 6.49. The predicted octanol–water partition coefficient (Wildman–Crippen LogP) is 2.84. The average molecular weight is 470 g/mol. The quantitative estimate of drug-likeness (QED) is 0.744. The first kappa shape index (κ1) is 20.3. The lowest BCUT2D eigenvalue weighted by Gasteiger charge is -2.37. The van der Waals surface area contributed by atoms with E-state index in [1.165, 1.54) is 10.7 Å². The van der Waals surface area contributed by atoms with E-state index < -0.39 is 34.3 Å². The molecule has 2 aromatic rings. The van der Waals surface area contributed by atoms with Crippen molar-refractivity contribution in [1.82, 2.24) is 18.9 Å². The summed E-state index contributed by atoms with van der Waals surface area (Å²) in [5.41, 5.74) is 0.696. The number of sulfonamides is 1. The maximum Gasteiger partial charge on any atom is 0.281 e. The Morgan fingerprint density at radius 3 is 2.63 bits per heavy atom. The Balaban J connectivity index is 1.90. The number of nitrogens with one attached hydrogen (secondary N) is 1. The Bertz CT molecular complexity index is 979. The minimum atomic E-state index is -3.70. The second kappa shape index (κ2) is 6.89. The molecule has 0 bridgehead atoms. The van der Waals surface area contributed by atoms with Crippen LogP contribution in [0.5, 0.6) is 0 Å². The molecule has 7 nitrogen and oxygen atoms in total. The van der Waals surface area contributed by atoms with E-state index in [-0.39, 0.29) is 34.8 Å². The van der Waals surface area contributed by atoms with Crippen molar-refractivity contribution in [3.63, 3.8) is 0 Å². The summed E-state index contributed by atoms with van der Waals surface area (Å²) in [6.45, 7) is 2.77. The highest BCUT2D eigenvalue weighted by Crippen LogP contribution is 2.33. The summed E-state index contributed by atoms with van der Waals surface area (Å²) in [7, 11) is -3.70. The first-order valence-corrected chi connectivity index (χ1v) is 10.9. The summed E-state index contributed by atoms with van der Waals surface area (Å²) in [6.07, 6.45) is 2.02. The number of halogens is 4. The fourth-order valence-electron chi connectivity index (χ4n) is 3.09. The van der Waals surface area contributed by atoms with Gasteiger partial charge in [-0.25, -0.2) is 31.1 Å². The highest BCUT2D eigenvalue weighted by atomic mass is 79.9. The largest absolute Gasteiger partial charge is 0.344 e. The minimum Gasteiger partial charge on any atom is -0.344 e. The van der Waals surface area contributed by atoms with Gasteiger partial charge in [0.05, 0.1) is 35.2 Å². The van der Waals surface area contributed by atoms with Crippen LogP contribution < -0.4 is 5.32 Å². The van der Waals surface area contributed by atoms with Crippen LogP contribution in [0, 0.1) is 5.82 Å². The van der Waals surface area contributed by atoms with Crippen molar-refractivity contribution in [2.75, 3.05) is 24.7 Å². The van der Waals surface area contributed by atoms with Crippen molar-refractivity contribution in [1.29, 1.82) is 0 Å². The standard InChI is InChI=1S/C15H19BrF3N5O2S/c1-8(2)13-11(16)12(17)9-6-20-14(22-24(9)13)21-10-4-5-23(27(3,25)26)7-15(10,18)19/h6,8,10H,4-5,7H2,1-3H3,(H,21,22)/t10-/m1/s1. The molecule has 0 aromatic carbocycles. The summed E-state index contributed by atoms with van der Waals surface area (Å²) in [5.74, 6) is -3.97. The molecule has 2 aromatic heterocycles. The van der Waals surface area contributed by atoms with E-state index in [2.05, 4.69) is 31.3 Å². The number of piperidine rings is 1. The highest BCUT2D eigenvalue weighted by Gasteiger charge is 2.47. The van der Waals surface area contributed by atoms with Crippen LogP contribution in [0.2, 0.25) is 0 Å². The Hall–Kier alpha value is -1.40. The molecule has 1 atom stereocenters. The summed E-state index contributed by atoms with van der Waals surface area (Å²) in [5, 5.41) is 6.74. The van der Waals surface area contributed by atoms with Gasteiger partial charge in [0, 0.05) is 6.54 Å². The molecule has 0 radical (unpaired) electrons. The maximum atomic E-state index is 14.4.